The van der Waals surface area contributed by atoms with Crippen molar-refractivity contribution in [1.29, 1.82) is 0 Å². The zero-order valence-electron chi connectivity index (χ0n) is 16.4. The van der Waals surface area contributed by atoms with E-state index in [-0.39, 0.29) is 12.5 Å². The fourth-order valence-corrected chi connectivity index (χ4v) is 4.51. The highest BCUT2D eigenvalue weighted by Gasteiger charge is 2.26. The van der Waals surface area contributed by atoms with E-state index < -0.39 is 5.97 Å². The van der Waals surface area contributed by atoms with Crippen LogP contribution in [0.3, 0.4) is 0 Å². The van der Waals surface area contributed by atoms with Crippen LogP contribution in [-0.4, -0.2) is 30.2 Å². The van der Waals surface area contributed by atoms with Crippen LogP contribution in [0.2, 0.25) is 5.02 Å². The zero-order chi connectivity index (χ0) is 20.4. The average molecular weight is 409 g/mol. The van der Waals surface area contributed by atoms with Gasteiger partial charge in [-0.3, -0.25) is 4.79 Å². The van der Waals surface area contributed by atoms with E-state index in [9.17, 15) is 4.79 Å². The molecule has 1 heterocycles. The summed E-state index contributed by atoms with van der Waals surface area (Å²) in [6, 6.07) is 21.0. The van der Waals surface area contributed by atoms with Crippen LogP contribution in [0, 0.1) is 0 Å². The van der Waals surface area contributed by atoms with Gasteiger partial charge >= 0.3 is 5.97 Å². The Kier molecular flexibility index (Phi) is 5.74. The summed E-state index contributed by atoms with van der Waals surface area (Å²) in [4.78, 5) is 13.3. The summed E-state index contributed by atoms with van der Waals surface area (Å²) < 4.78 is 0. The molecule has 4 nitrogen and oxygen atoms in total. The van der Waals surface area contributed by atoms with E-state index in [1.165, 1.54) is 16.3 Å². The first-order valence-electron chi connectivity index (χ1n) is 10.00. The first kappa shape index (κ1) is 19.7. The molecule has 0 aliphatic carbocycles. The number of carboxylic acids is 1. The number of rotatable bonds is 6. The smallest absolute Gasteiger partial charge is 0.307 e. The van der Waals surface area contributed by atoms with Crippen molar-refractivity contribution in [2.45, 2.75) is 31.8 Å². The van der Waals surface area contributed by atoms with E-state index in [2.05, 4.69) is 59.6 Å². The highest BCUT2D eigenvalue weighted by atomic mass is 35.5. The minimum absolute atomic E-state index is 0.0117. The molecule has 5 heteroatoms. The van der Waals surface area contributed by atoms with Gasteiger partial charge in [-0.25, -0.2) is 0 Å². The number of carbonyl (C=O) groups is 1. The Morgan fingerprint density at radius 2 is 2.00 bits per heavy atom. The van der Waals surface area contributed by atoms with Crippen LogP contribution < -0.4 is 10.2 Å². The molecule has 0 aromatic heterocycles. The lowest BCUT2D eigenvalue weighted by molar-refractivity contribution is -0.136. The molecule has 0 amide bonds. The molecule has 150 valence electrons. The summed E-state index contributed by atoms with van der Waals surface area (Å²) in [7, 11) is 0. The summed E-state index contributed by atoms with van der Waals surface area (Å²) in [5, 5.41) is 16.0. The molecular formula is C24H25ClN2O2. The van der Waals surface area contributed by atoms with Gasteiger partial charge in [-0.1, -0.05) is 60.1 Å². The number of nitrogens with zero attached hydrogens (tertiary/aromatic N) is 1. The highest BCUT2D eigenvalue weighted by Crippen LogP contribution is 2.31. The number of fused-ring (bicyclic) bond motifs is 1. The molecule has 1 fully saturated rings. The lowest BCUT2D eigenvalue weighted by Gasteiger charge is -2.23. The number of hydrogen-bond donors (Lipinski definition) is 2. The second-order valence-electron chi connectivity index (χ2n) is 7.74. The van der Waals surface area contributed by atoms with Crippen molar-refractivity contribution < 1.29 is 9.90 Å². The summed E-state index contributed by atoms with van der Waals surface area (Å²) in [6.45, 7) is 3.96. The van der Waals surface area contributed by atoms with Crippen LogP contribution in [0.15, 0.2) is 60.7 Å². The lowest BCUT2D eigenvalue weighted by atomic mass is 9.99. The molecule has 2 atom stereocenters. The van der Waals surface area contributed by atoms with Crippen LogP contribution >= 0.6 is 11.6 Å². The van der Waals surface area contributed by atoms with Crippen molar-refractivity contribution in [1.82, 2.24) is 5.32 Å². The van der Waals surface area contributed by atoms with Gasteiger partial charge in [0.15, 0.2) is 0 Å². The van der Waals surface area contributed by atoms with E-state index >= 15 is 0 Å². The van der Waals surface area contributed by atoms with E-state index in [4.69, 9.17) is 16.7 Å². The molecule has 1 aliphatic rings. The number of anilines is 1. The van der Waals surface area contributed by atoms with Gasteiger partial charge in [-0.2, -0.15) is 0 Å². The number of hydrogen-bond acceptors (Lipinski definition) is 3. The number of halogens is 1. The van der Waals surface area contributed by atoms with Crippen LogP contribution in [0.1, 0.15) is 30.5 Å². The number of nitrogens with one attached hydrogen (secondary N) is 1. The standard InChI is InChI=1S/C24H25ClN2O2/c1-16(20-8-4-6-18-5-2-3-7-21(18)20)26-19-11-12-27(15-19)23-13-17(14-24(28)29)9-10-22(23)25/h2-10,13,16,19,26H,11-12,14-15H2,1H3,(H,28,29)/t16-,19+/m1/s1. The van der Waals surface area contributed by atoms with Gasteiger partial charge in [-0.15, -0.1) is 0 Å². The summed E-state index contributed by atoms with van der Waals surface area (Å²) in [6.07, 6.45) is 1.03. The van der Waals surface area contributed by atoms with Crippen molar-refractivity contribution in [3.63, 3.8) is 0 Å². The van der Waals surface area contributed by atoms with E-state index in [1.54, 1.807) is 12.1 Å². The van der Waals surface area contributed by atoms with Gasteiger partial charge in [0.2, 0.25) is 0 Å². The number of benzene rings is 3. The van der Waals surface area contributed by atoms with Crippen molar-refractivity contribution in [2.75, 3.05) is 18.0 Å². The maximum atomic E-state index is 11.0. The maximum Gasteiger partial charge on any atom is 0.307 e. The van der Waals surface area contributed by atoms with E-state index in [1.807, 2.05) is 6.07 Å². The molecule has 0 saturated carbocycles. The molecule has 2 N–H and O–H groups in total. The molecule has 1 saturated heterocycles. The van der Waals surface area contributed by atoms with Gasteiger partial charge in [0.1, 0.15) is 0 Å². The fraction of sp³-hybridized carbons (Fsp3) is 0.292. The minimum Gasteiger partial charge on any atom is -0.481 e. The molecule has 0 unspecified atom stereocenters. The largest absolute Gasteiger partial charge is 0.481 e. The Labute approximate surface area is 176 Å². The summed E-state index contributed by atoms with van der Waals surface area (Å²) in [5.74, 6) is -0.830. The zero-order valence-corrected chi connectivity index (χ0v) is 17.2. The Bertz CT molecular complexity index is 1030. The van der Waals surface area contributed by atoms with Crippen LogP contribution in [0.5, 0.6) is 0 Å². The Hall–Kier alpha value is -2.56. The number of aliphatic carboxylic acids is 1. The monoisotopic (exact) mass is 408 g/mol. The van der Waals surface area contributed by atoms with Crippen molar-refractivity contribution in [3.05, 3.63) is 76.8 Å². The lowest BCUT2D eigenvalue weighted by Crippen LogP contribution is -2.34. The van der Waals surface area contributed by atoms with Gasteiger partial charge in [-0.05, 0) is 47.4 Å². The van der Waals surface area contributed by atoms with Crippen molar-refractivity contribution in [2.24, 2.45) is 0 Å². The third-order valence-corrected chi connectivity index (χ3v) is 5.99. The first-order valence-corrected chi connectivity index (χ1v) is 10.4. The second-order valence-corrected chi connectivity index (χ2v) is 8.15. The third kappa shape index (κ3) is 4.39. The maximum absolute atomic E-state index is 11.0. The highest BCUT2D eigenvalue weighted by molar-refractivity contribution is 6.33. The Balaban J connectivity index is 1.47. The molecule has 0 spiro atoms. The summed E-state index contributed by atoms with van der Waals surface area (Å²) >= 11 is 6.42. The SMILES string of the molecule is C[C@@H](N[C@H]1CCN(c2cc(CC(=O)O)ccc2Cl)C1)c1cccc2ccccc12. The second kappa shape index (κ2) is 8.44. The normalized spacial score (nSPS) is 17.6. The molecule has 29 heavy (non-hydrogen) atoms. The summed E-state index contributed by atoms with van der Waals surface area (Å²) in [5.41, 5.74) is 3.01. The van der Waals surface area contributed by atoms with Crippen molar-refractivity contribution >= 4 is 34.0 Å². The number of carboxylic acid groups (broad SMARTS) is 1. The van der Waals surface area contributed by atoms with Crippen LogP contribution in [0.25, 0.3) is 10.8 Å². The molecule has 3 aromatic carbocycles. The third-order valence-electron chi connectivity index (χ3n) is 5.67. The molecule has 3 aromatic rings. The molecule has 4 rings (SSSR count). The van der Waals surface area contributed by atoms with Gasteiger partial charge < -0.3 is 15.3 Å². The Morgan fingerprint density at radius 3 is 2.83 bits per heavy atom. The van der Waals surface area contributed by atoms with Gasteiger partial charge in [0.05, 0.1) is 17.1 Å². The molecule has 0 radical (unpaired) electrons. The van der Waals surface area contributed by atoms with Crippen LogP contribution in [-0.2, 0) is 11.2 Å². The minimum atomic E-state index is -0.830. The average Bonchev–Trinajstić information content (AvgIpc) is 3.16. The topological polar surface area (TPSA) is 52.6 Å². The molecular weight excluding hydrogens is 384 g/mol. The van der Waals surface area contributed by atoms with Crippen LogP contribution in [0.4, 0.5) is 5.69 Å². The van der Waals surface area contributed by atoms with Crippen molar-refractivity contribution in [3.8, 4) is 0 Å². The van der Waals surface area contributed by atoms with Gasteiger partial charge in [0, 0.05) is 25.2 Å². The molecule has 1 aliphatic heterocycles. The first-order chi connectivity index (χ1) is 14.0. The fourth-order valence-electron chi connectivity index (χ4n) is 4.27. The Morgan fingerprint density at radius 1 is 1.21 bits per heavy atom. The van der Waals surface area contributed by atoms with E-state index in [0.717, 1.165) is 30.8 Å². The van der Waals surface area contributed by atoms with E-state index in [0.29, 0.717) is 11.1 Å². The quantitative estimate of drug-likeness (QED) is 0.599. The predicted molar refractivity (Wildman–Crippen MR) is 119 cm³/mol. The van der Waals surface area contributed by atoms with Gasteiger partial charge in [0.25, 0.3) is 0 Å². The molecule has 0 bridgehead atoms. The predicted octanol–water partition coefficient (Wildman–Crippen LogP) is 5.05.